The lowest BCUT2D eigenvalue weighted by Gasteiger charge is -2.15. The van der Waals surface area contributed by atoms with E-state index in [1.807, 2.05) is 39.0 Å². The zero-order valence-electron chi connectivity index (χ0n) is 14.5. The van der Waals surface area contributed by atoms with Gasteiger partial charge in [0.2, 0.25) is 5.91 Å². The number of hydrogen-bond acceptors (Lipinski definition) is 4. The third kappa shape index (κ3) is 4.49. The van der Waals surface area contributed by atoms with Crippen molar-refractivity contribution >= 4 is 11.6 Å². The van der Waals surface area contributed by atoms with Gasteiger partial charge in [-0.3, -0.25) is 4.79 Å². The fraction of sp³-hybridized carbons (Fsp3) is 0.316. The monoisotopic (exact) mass is 328 g/mol. The van der Waals surface area contributed by atoms with Crippen LogP contribution >= 0.6 is 0 Å². The summed E-state index contributed by atoms with van der Waals surface area (Å²) in [6.45, 7) is 5.80. The summed E-state index contributed by atoms with van der Waals surface area (Å²) < 4.78 is 11.1. The standard InChI is InChI=1S/C19H24N2O3/c1-12(2)18(20)19(22)21-14-6-9-15(10-7-14)24-16-8-5-13(3)17(11-16)23-4/h5-12,18H,20H2,1-4H3,(H,21,22). The van der Waals surface area contributed by atoms with E-state index < -0.39 is 6.04 Å². The second kappa shape index (κ2) is 7.84. The minimum atomic E-state index is -0.527. The van der Waals surface area contributed by atoms with E-state index in [1.165, 1.54) is 0 Å². The van der Waals surface area contributed by atoms with Gasteiger partial charge in [-0.25, -0.2) is 0 Å². The summed E-state index contributed by atoms with van der Waals surface area (Å²) >= 11 is 0. The van der Waals surface area contributed by atoms with Crippen molar-refractivity contribution in [2.75, 3.05) is 12.4 Å². The summed E-state index contributed by atoms with van der Waals surface area (Å²) in [7, 11) is 1.63. The summed E-state index contributed by atoms with van der Waals surface area (Å²) in [6, 6.07) is 12.3. The van der Waals surface area contributed by atoms with E-state index in [2.05, 4.69) is 5.32 Å². The molecular formula is C19H24N2O3. The Balaban J connectivity index is 2.03. The van der Waals surface area contributed by atoms with Crippen molar-refractivity contribution in [3.05, 3.63) is 48.0 Å². The second-order valence-electron chi connectivity index (χ2n) is 6.02. The van der Waals surface area contributed by atoms with Gasteiger partial charge < -0.3 is 20.5 Å². The molecule has 2 rings (SSSR count). The van der Waals surface area contributed by atoms with E-state index in [0.29, 0.717) is 17.2 Å². The highest BCUT2D eigenvalue weighted by Gasteiger charge is 2.17. The van der Waals surface area contributed by atoms with Gasteiger partial charge in [0, 0.05) is 11.8 Å². The van der Waals surface area contributed by atoms with Gasteiger partial charge in [0.1, 0.15) is 17.2 Å². The molecular weight excluding hydrogens is 304 g/mol. The summed E-state index contributed by atoms with van der Waals surface area (Å²) in [6.07, 6.45) is 0. The Bertz CT molecular complexity index is 696. The number of anilines is 1. The van der Waals surface area contributed by atoms with Gasteiger partial charge in [-0.15, -0.1) is 0 Å². The van der Waals surface area contributed by atoms with Gasteiger partial charge in [0.05, 0.1) is 13.2 Å². The van der Waals surface area contributed by atoms with Crippen molar-refractivity contribution in [2.45, 2.75) is 26.8 Å². The first-order chi connectivity index (χ1) is 11.4. The molecule has 128 valence electrons. The average Bonchev–Trinajstić information content (AvgIpc) is 2.57. The Kier molecular flexibility index (Phi) is 5.82. The van der Waals surface area contributed by atoms with E-state index >= 15 is 0 Å². The molecule has 0 aliphatic carbocycles. The lowest BCUT2D eigenvalue weighted by Crippen LogP contribution is -2.39. The van der Waals surface area contributed by atoms with Gasteiger partial charge in [0.25, 0.3) is 0 Å². The summed E-state index contributed by atoms with van der Waals surface area (Å²) in [5, 5.41) is 2.80. The Morgan fingerprint density at radius 3 is 2.29 bits per heavy atom. The minimum Gasteiger partial charge on any atom is -0.496 e. The molecule has 1 amide bonds. The number of hydrogen-bond donors (Lipinski definition) is 2. The molecule has 1 atom stereocenters. The quantitative estimate of drug-likeness (QED) is 0.847. The molecule has 0 aliphatic rings. The van der Waals surface area contributed by atoms with E-state index in [4.69, 9.17) is 15.2 Å². The van der Waals surface area contributed by atoms with Crippen LogP contribution in [0, 0.1) is 12.8 Å². The molecule has 5 nitrogen and oxygen atoms in total. The summed E-state index contributed by atoms with van der Waals surface area (Å²) in [5.41, 5.74) is 7.56. The predicted molar refractivity (Wildman–Crippen MR) is 95.7 cm³/mol. The van der Waals surface area contributed by atoms with Crippen molar-refractivity contribution < 1.29 is 14.3 Å². The zero-order chi connectivity index (χ0) is 17.7. The van der Waals surface area contributed by atoms with Crippen molar-refractivity contribution in [3.63, 3.8) is 0 Å². The molecule has 24 heavy (non-hydrogen) atoms. The molecule has 2 aromatic rings. The van der Waals surface area contributed by atoms with Crippen LogP contribution in [-0.2, 0) is 4.79 Å². The highest BCUT2D eigenvalue weighted by Crippen LogP contribution is 2.28. The first kappa shape index (κ1) is 17.8. The number of carbonyl (C=O) groups is 1. The Hall–Kier alpha value is -2.53. The van der Waals surface area contributed by atoms with Crippen LogP contribution in [0.15, 0.2) is 42.5 Å². The molecule has 0 bridgehead atoms. The maximum Gasteiger partial charge on any atom is 0.241 e. The molecule has 0 saturated carbocycles. The van der Waals surface area contributed by atoms with Crippen LogP contribution in [0.25, 0.3) is 0 Å². The molecule has 0 radical (unpaired) electrons. The van der Waals surface area contributed by atoms with Gasteiger partial charge in [-0.1, -0.05) is 19.9 Å². The predicted octanol–water partition coefficient (Wildman–Crippen LogP) is 3.72. The number of methoxy groups -OCH3 is 1. The van der Waals surface area contributed by atoms with Crippen molar-refractivity contribution in [3.8, 4) is 17.2 Å². The summed E-state index contributed by atoms with van der Waals surface area (Å²) in [5.74, 6) is 2.04. The number of rotatable bonds is 6. The van der Waals surface area contributed by atoms with Gasteiger partial charge in [0.15, 0.2) is 0 Å². The Labute approximate surface area is 142 Å². The third-order valence-corrected chi connectivity index (χ3v) is 3.76. The van der Waals surface area contributed by atoms with E-state index in [0.717, 1.165) is 11.3 Å². The number of benzene rings is 2. The molecule has 1 unspecified atom stereocenters. The second-order valence-corrected chi connectivity index (χ2v) is 6.02. The third-order valence-electron chi connectivity index (χ3n) is 3.76. The number of carbonyl (C=O) groups excluding carboxylic acids is 1. The molecule has 0 heterocycles. The highest BCUT2D eigenvalue weighted by atomic mass is 16.5. The maximum absolute atomic E-state index is 12.0. The average molecular weight is 328 g/mol. The number of aryl methyl sites for hydroxylation is 1. The molecule has 2 aromatic carbocycles. The van der Waals surface area contributed by atoms with Crippen LogP contribution in [0.2, 0.25) is 0 Å². The first-order valence-electron chi connectivity index (χ1n) is 7.89. The van der Waals surface area contributed by atoms with E-state index in [1.54, 1.807) is 31.4 Å². The minimum absolute atomic E-state index is 0.0872. The van der Waals surface area contributed by atoms with Crippen LogP contribution < -0.4 is 20.5 Å². The van der Waals surface area contributed by atoms with Crippen LogP contribution in [0.1, 0.15) is 19.4 Å². The van der Waals surface area contributed by atoms with Crippen LogP contribution in [0.3, 0.4) is 0 Å². The molecule has 0 saturated heterocycles. The van der Waals surface area contributed by atoms with Crippen molar-refractivity contribution in [1.29, 1.82) is 0 Å². The molecule has 0 spiro atoms. The number of ether oxygens (including phenoxy) is 2. The van der Waals surface area contributed by atoms with Crippen LogP contribution in [-0.4, -0.2) is 19.1 Å². The van der Waals surface area contributed by atoms with Gasteiger partial charge >= 0.3 is 0 Å². The fourth-order valence-corrected chi connectivity index (χ4v) is 2.13. The fourth-order valence-electron chi connectivity index (χ4n) is 2.13. The Morgan fingerprint density at radius 2 is 1.71 bits per heavy atom. The lowest BCUT2D eigenvalue weighted by molar-refractivity contribution is -0.118. The van der Waals surface area contributed by atoms with E-state index in [9.17, 15) is 4.79 Å². The number of nitrogens with two attached hydrogens (primary N) is 1. The van der Waals surface area contributed by atoms with Crippen LogP contribution in [0.5, 0.6) is 17.2 Å². The summed E-state index contributed by atoms with van der Waals surface area (Å²) in [4.78, 5) is 12.0. The largest absolute Gasteiger partial charge is 0.496 e. The molecule has 0 fully saturated rings. The smallest absolute Gasteiger partial charge is 0.241 e. The molecule has 0 aliphatic heterocycles. The SMILES string of the molecule is COc1cc(Oc2ccc(NC(=O)C(N)C(C)C)cc2)ccc1C. The van der Waals surface area contributed by atoms with Crippen molar-refractivity contribution in [2.24, 2.45) is 11.7 Å². The van der Waals surface area contributed by atoms with Gasteiger partial charge in [-0.2, -0.15) is 0 Å². The maximum atomic E-state index is 12.0. The molecule has 0 aromatic heterocycles. The molecule has 3 N–H and O–H groups in total. The van der Waals surface area contributed by atoms with Crippen molar-refractivity contribution in [1.82, 2.24) is 0 Å². The number of nitrogens with one attached hydrogen (secondary N) is 1. The highest BCUT2D eigenvalue weighted by molar-refractivity contribution is 5.94. The first-order valence-corrected chi connectivity index (χ1v) is 7.89. The van der Waals surface area contributed by atoms with E-state index in [-0.39, 0.29) is 11.8 Å². The molecule has 5 heteroatoms. The normalized spacial score (nSPS) is 11.9. The van der Waals surface area contributed by atoms with Crippen LogP contribution in [0.4, 0.5) is 5.69 Å². The Morgan fingerprint density at radius 1 is 1.08 bits per heavy atom. The topological polar surface area (TPSA) is 73.6 Å². The lowest BCUT2D eigenvalue weighted by atomic mass is 10.1. The number of amides is 1. The zero-order valence-corrected chi connectivity index (χ0v) is 14.5. The van der Waals surface area contributed by atoms with Gasteiger partial charge in [-0.05, 0) is 48.7 Å².